The number of ketones is 1. The molecule has 18 heavy (non-hydrogen) atoms. The second kappa shape index (κ2) is 6.49. The normalized spacial score (nSPS) is 13.2. The van der Waals surface area contributed by atoms with E-state index in [2.05, 4.69) is 10.6 Å². The van der Waals surface area contributed by atoms with Crippen molar-refractivity contribution in [3.63, 3.8) is 0 Å². The van der Waals surface area contributed by atoms with Gasteiger partial charge < -0.3 is 10.4 Å². The van der Waals surface area contributed by atoms with E-state index in [1.54, 1.807) is 0 Å². The fraction of sp³-hybridized carbons (Fsp3) is 0.750. The van der Waals surface area contributed by atoms with Crippen molar-refractivity contribution in [3.05, 3.63) is 0 Å². The molecule has 0 aromatic rings. The van der Waals surface area contributed by atoms with Gasteiger partial charge in [-0.3, -0.25) is 19.7 Å². The molecule has 1 atom stereocenters. The molecule has 0 heterocycles. The van der Waals surface area contributed by atoms with Crippen LogP contribution in [0.1, 0.15) is 34.6 Å². The van der Waals surface area contributed by atoms with E-state index in [0.29, 0.717) is 0 Å². The maximum atomic E-state index is 11.6. The van der Waals surface area contributed by atoms with E-state index in [4.69, 9.17) is 5.11 Å². The van der Waals surface area contributed by atoms with Crippen LogP contribution in [0.2, 0.25) is 0 Å². The monoisotopic (exact) mass is 258 g/mol. The second-order valence-corrected chi connectivity index (χ2v) is 5.18. The summed E-state index contributed by atoms with van der Waals surface area (Å²) in [5.41, 5.74) is -1.18. The molecule has 0 radical (unpaired) electrons. The van der Waals surface area contributed by atoms with Crippen LogP contribution in [0.15, 0.2) is 0 Å². The zero-order chi connectivity index (χ0) is 14.5. The summed E-state index contributed by atoms with van der Waals surface area (Å²) in [6, 6.07) is -0.535. The molecule has 0 fully saturated rings. The third kappa shape index (κ3) is 5.27. The number of carbonyl (C=O) groups excluding carboxylic acids is 2. The third-order valence-electron chi connectivity index (χ3n) is 2.65. The van der Waals surface area contributed by atoms with Crippen LogP contribution in [0.5, 0.6) is 0 Å². The fourth-order valence-electron chi connectivity index (χ4n) is 1.34. The van der Waals surface area contributed by atoms with Crippen molar-refractivity contribution in [3.8, 4) is 0 Å². The molecule has 6 nitrogen and oxygen atoms in total. The van der Waals surface area contributed by atoms with Gasteiger partial charge in [0.1, 0.15) is 5.54 Å². The number of Topliss-reactive ketones (excluding diaryl/α,β-unsaturated/α-hetero) is 1. The minimum Gasteiger partial charge on any atom is -0.480 e. The molecule has 0 rings (SSSR count). The molecular formula is C12H22N2O4. The fourth-order valence-corrected chi connectivity index (χ4v) is 1.34. The number of nitrogens with one attached hydrogen (secondary N) is 2. The Bertz CT molecular complexity index is 337. The quantitative estimate of drug-likeness (QED) is 0.605. The Balaban J connectivity index is 4.35. The first-order valence-corrected chi connectivity index (χ1v) is 5.86. The molecule has 104 valence electrons. The van der Waals surface area contributed by atoms with Crippen LogP contribution in [0.4, 0.5) is 0 Å². The molecule has 1 unspecified atom stereocenters. The minimum absolute atomic E-state index is 0.000987. The average molecular weight is 258 g/mol. The molecule has 1 amide bonds. The molecule has 0 aromatic heterocycles. The van der Waals surface area contributed by atoms with Gasteiger partial charge in [0.05, 0.1) is 12.6 Å². The van der Waals surface area contributed by atoms with Gasteiger partial charge in [0.25, 0.3) is 0 Å². The predicted octanol–water partition coefficient (Wildman–Crippen LogP) is 0.169. The first-order valence-electron chi connectivity index (χ1n) is 5.86. The van der Waals surface area contributed by atoms with E-state index in [-0.39, 0.29) is 18.2 Å². The Labute approximate surface area is 107 Å². The van der Waals surface area contributed by atoms with Crippen molar-refractivity contribution in [1.82, 2.24) is 10.6 Å². The van der Waals surface area contributed by atoms with Gasteiger partial charge in [-0.2, -0.15) is 0 Å². The van der Waals surface area contributed by atoms with Crippen LogP contribution < -0.4 is 10.6 Å². The summed E-state index contributed by atoms with van der Waals surface area (Å²) in [4.78, 5) is 33.7. The molecule has 0 saturated heterocycles. The van der Waals surface area contributed by atoms with Gasteiger partial charge in [0.15, 0.2) is 5.78 Å². The van der Waals surface area contributed by atoms with Crippen molar-refractivity contribution in [1.29, 1.82) is 0 Å². The Morgan fingerprint density at radius 3 is 2.06 bits per heavy atom. The van der Waals surface area contributed by atoms with Gasteiger partial charge in [0, 0.05) is 0 Å². The standard InChI is InChI=1S/C12H22N2O4/c1-7(2)10(8(3)15)14-9(16)6-13-12(4,5)11(17)18/h7,10,13H,6H2,1-5H3,(H,14,16)(H,17,18). The van der Waals surface area contributed by atoms with Crippen molar-refractivity contribution in [2.45, 2.75) is 46.2 Å². The Kier molecular flexibility index (Phi) is 5.97. The summed E-state index contributed by atoms with van der Waals surface area (Å²) >= 11 is 0. The summed E-state index contributed by atoms with van der Waals surface area (Å²) in [5.74, 6) is -1.55. The number of hydrogen-bond acceptors (Lipinski definition) is 4. The first-order chi connectivity index (χ1) is 8.08. The van der Waals surface area contributed by atoms with E-state index in [0.717, 1.165) is 0 Å². The van der Waals surface area contributed by atoms with E-state index >= 15 is 0 Å². The summed E-state index contributed by atoms with van der Waals surface area (Å²) in [6.07, 6.45) is 0. The zero-order valence-corrected chi connectivity index (χ0v) is 11.5. The lowest BCUT2D eigenvalue weighted by Gasteiger charge is -2.23. The molecule has 3 N–H and O–H groups in total. The van der Waals surface area contributed by atoms with Gasteiger partial charge in [-0.25, -0.2) is 0 Å². The van der Waals surface area contributed by atoms with Crippen molar-refractivity contribution < 1.29 is 19.5 Å². The van der Waals surface area contributed by atoms with Crippen molar-refractivity contribution in [2.75, 3.05) is 6.54 Å². The Morgan fingerprint density at radius 2 is 1.72 bits per heavy atom. The van der Waals surface area contributed by atoms with E-state index in [1.807, 2.05) is 13.8 Å². The van der Waals surface area contributed by atoms with Gasteiger partial charge in [-0.1, -0.05) is 13.8 Å². The number of aliphatic carboxylic acids is 1. The largest absolute Gasteiger partial charge is 0.480 e. The highest BCUT2D eigenvalue weighted by atomic mass is 16.4. The molecule has 0 spiro atoms. The average Bonchev–Trinajstić information content (AvgIpc) is 2.22. The van der Waals surface area contributed by atoms with Gasteiger partial charge in [-0.05, 0) is 26.7 Å². The van der Waals surface area contributed by atoms with Crippen LogP contribution in [-0.2, 0) is 14.4 Å². The Hall–Kier alpha value is -1.43. The highest BCUT2D eigenvalue weighted by molar-refractivity contribution is 5.88. The molecule has 0 bridgehead atoms. The minimum atomic E-state index is -1.18. The molecular weight excluding hydrogens is 236 g/mol. The van der Waals surface area contributed by atoms with Crippen LogP contribution in [-0.4, -0.2) is 40.9 Å². The van der Waals surface area contributed by atoms with Crippen molar-refractivity contribution >= 4 is 17.7 Å². The van der Waals surface area contributed by atoms with E-state index < -0.39 is 23.5 Å². The number of rotatable bonds is 7. The molecule has 0 aliphatic rings. The highest BCUT2D eigenvalue weighted by Gasteiger charge is 2.28. The molecule has 0 aliphatic carbocycles. The number of amides is 1. The summed E-state index contributed by atoms with van der Waals surface area (Å²) < 4.78 is 0. The molecule has 0 saturated carbocycles. The molecule has 6 heteroatoms. The van der Waals surface area contributed by atoms with E-state index in [1.165, 1.54) is 20.8 Å². The van der Waals surface area contributed by atoms with Crippen LogP contribution in [0, 0.1) is 5.92 Å². The number of carboxylic acid groups (broad SMARTS) is 1. The predicted molar refractivity (Wildman–Crippen MR) is 67.2 cm³/mol. The van der Waals surface area contributed by atoms with Crippen molar-refractivity contribution in [2.24, 2.45) is 5.92 Å². The number of carboxylic acids is 1. The SMILES string of the molecule is CC(=O)C(NC(=O)CNC(C)(C)C(=O)O)C(C)C. The molecule has 0 aliphatic heterocycles. The topological polar surface area (TPSA) is 95.5 Å². The van der Waals surface area contributed by atoms with E-state index in [9.17, 15) is 14.4 Å². The lowest BCUT2D eigenvalue weighted by atomic mass is 10.0. The maximum absolute atomic E-state index is 11.6. The van der Waals surface area contributed by atoms with Gasteiger partial charge in [-0.15, -0.1) is 0 Å². The maximum Gasteiger partial charge on any atom is 0.323 e. The van der Waals surface area contributed by atoms with Gasteiger partial charge >= 0.3 is 5.97 Å². The van der Waals surface area contributed by atoms with Crippen LogP contribution in [0.3, 0.4) is 0 Å². The lowest BCUT2D eigenvalue weighted by molar-refractivity contribution is -0.143. The first kappa shape index (κ1) is 16.6. The van der Waals surface area contributed by atoms with Crippen LogP contribution >= 0.6 is 0 Å². The zero-order valence-electron chi connectivity index (χ0n) is 11.5. The Morgan fingerprint density at radius 1 is 1.22 bits per heavy atom. The third-order valence-corrected chi connectivity index (χ3v) is 2.65. The summed E-state index contributed by atoms with van der Waals surface area (Å²) in [6.45, 7) is 7.87. The number of hydrogen-bond donors (Lipinski definition) is 3. The highest BCUT2D eigenvalue weighted by Crippen LogP contribution is 2.03. The molecule has 0 aromatic carbocycles. The number of carbonyl (C=O) groups is 3. The summed E-state index contributed by atoms with van der Waals surface area (Å²) in [5, 5.41) is 14.1. The lowest BCUT2D eigenvalue weighted by Crippen LogP contribution is -2.53. The summed E-state index contributed by atoms with van der Waals surface area (Å²) in [7, 11) is 0. The second-order valence-electron chi connectivity index (χ2n) is 5.18. The van der Waals surface area contributed by atoms with Crippen LogP contribution in [0.25, 0.3) is 0 Å². The smallest absolute Gasteiger partial charge is 0.323 e. The van der Waals surface area contributed by atoms with Gasteiger partial charge in [0.2, 0.25) is 5.91 Å².